The molecule has 0 aliphatic heterocycles. The number of hydrogen-bond acceptors (Lipinski definition) is 4. The quantitative estimate of drug-likeness (QED) is 0.716. The van der Waals surface area contributed by atoms with E-state index < -0.39 is 0 Å². The van der Waals surface area contributed by atoms with Gasteiger partial charge in [0.25, 0.3) is 5.91 Å². The number of imidazole rings is 1. The monoisotopic (exact) mass is 338 g/mol. The van der Waals surface area contributed by atoms with Gasteiger partial charge in [-0.2, -0.15) is 5.10 Å². The lowest BCUT2D eigenvalue weighted by Gasteiger charge is -2.15. The normalized spacial score (nSPS) is 11.1. The van der Waals surface area contributed by atoms with Crippen LogP contribution in [0.15, 0.2) is 43.0 Å². The summed E-state index contributed by atoms with van der Waals surface area (Å²) < 4.78 is 3.72. The van der Waals surface area contributed by atoms with E-state index in [4.69, 9.17) is 0 Å². The second-order valence-electron chi connectivity index (χ2n) is 6.34. The van der Waals surface area contributed by atoms with Crippen molar-refractivity contribution in [2.75, 3.05) is 7.05 Å². The average Bonchev–Trinajstić information content (AvgIpc) is 3.22. The predicted octanol–water partition coefficient (Wildman–Crippen LogP) is 2.40. The Bertz CT molecular complexity index is 865. The first kappa shape index (κ1) is 16.9. The van der Waals surface area contributed by atoms with Gasteiger partial charge in [-0.3, -0.25) is 9.78 Å². The van der Waals surface area contributed by atoms with Gasteiger partial charge < -0.3 is 9.47 Å². The fourth-order valence-corrected chi connectivity index (χ4v) is 2.63. The van der Waals surface area contributed by atoms with Crippen molar-refractivity contribution in [2.24, 2.45) is 7.05 Å². The summed E-state index contributed by atoms with van der Waals surface area (Å²) in [6.45, 7) is 4.60. The van der Waals surface area contributed by atoms with Gasteiger partial charge >= 0.3 is 0 Å². The minimum Gasteiger partial charge on any atom is -0.337 e. The molecule has 0 aromatic carbocycles. The van der Waals surface area contributed by atoms with Crippen molar-refractivity contribution in [1.29, 1.82) is 0 Å². The van der Waals surface area contributed by atoms with Crippen LogP contribution >= 0.6 is 0 Å². The van der Waals surface area contributed by atoms with Crippen molar-refractivity contribution in [3.8, 4) is 5.69 Å². The molecule has 25 heavy (non-hydrogen) atoms. The van der Waals surface area contributed by atoms with Crippen molar-refractivity contribution in [3.05, 3.63) is 60.2 Å². The summed E-state index contributed by atoms with van der Waals surface area (Å²) in [5, 5.41) is 4.54. The van der Waals surface area contributed by atoms with E-state index in [-0.39, 0.29) is 11.8 Å². The molecule has 3 heterocycles. The van der Waals surface area contributed by atoms with Crippen LogP contribution in [0.5, 0.6) is 0 Å². The molecule has 0 aliphatic rings. The summed E-state index contributed by atoms with van der Waals surface area (Å²) in [5.41, 5.74) is 2.31. The van der Waals surface area contributed by atoms with E-state index in [9.17, 15) is 4.79 Å². The lowest BCUT2D eigenvalue weighted by molar-refractivity contribution is 0.0774. The van der Waals surface area contributed by atoms with Crippen LogP contribution in [-0.2, 0) is 13.6 Å². The lowest BCUT2D eigenvalue weighted by Crippen LogP contribution is -2.28. The molecule has 130 valence electrons. The molecule has 0 unspecified atom stereocenters. The van der Waals surface area contributed by atoms with Crippen LogP contribution in [-0.4, -0.2) is 42.2 Å². The molecule has 0 aliphatic carbocycles. The Balaban J connectivity index is 1.89. The first-order chi connectivity index (χ1) is 12.0. The number of pyridine rings is 1. The molecule has 0 N–H and O–H groups in total. The molecule has 0 radical (unpaired) electrons. The smallest absolute Gasteiger partial charge is 0.274 e. The zero-order valence-electron chi connectivity index (χ0n) is 14.9. The van der Waals surface area contributed by atoms with Gasteiger partial charge in [-0.1, -0.05) is 13.8 Å². The summed E-state index contributed by atoms with van der Waals surface area (Å²) in [6.07, 6.45) is 7.02. The van der Waals surface area contributed by atoms with E-state index in [0.717, 1.165) is 17.2 Å². The first-order valence-corrected chi connectivity index (χ1v) is 8.19. The second kappa shape index (κ2) is 6.88. The third-order valence-corrected chi connectivity index (χ3v) is 4.10. The topological polar surface area (TPSA) is 68.8 Å². The highest BCUT2D eigenvalue weighted by Crippen LogP contribution is 2.21. The van der Waals surface area contributed by atoms with Crippen molar-refractivity contribution >= 4 is 5.91 Å². The Morgan fingerprint density at radius 3 is 2.56 bits per heavy atom. The Kier molecular flexibility index (Phi) is 4.65. The van der Waals surface area contributed by atoms with Crippen LogP contribution in [0.25, 0.3) is 5.69 Å². The second-order valence-corrected chi connectivity index (χ2v) is 6.34. The average molecular weight is 338 g/mol. The Morgan fingerprint density at radius 2 is 1.96 bits per heavy atom. The minimum atomic E-state index is -0.127. The van der Waals surface area contributed by atoms with Gasteiger partial charge in [-0.15, -0.1) is 0 Å². The highest BCUT2D eigenvalue weighted by Gasteiger charge is 2.21. The Hall–Kier alpha value is -2.96. The molecular formula is C18H22N6O. The van der Waals surface area contributed by atoms with Crippen LogP contribution in [0.4, 0.5) is 0 Å². The van der Waals surface area contributed by atoms with E-state index in [1.165, 1.54) is 0 Å². The number of amides is 1. The number of aromatic nitrogens is 5. The van der Waals surface area contributed by atoms with Crippen molar-refractivity contribution in [3.63, 3.8) is 0 Å². The van der Waals surface area contributed by atoms with Crippen LogP contribution in [0, 0.1) is 0 Å². The maximum absolute atomic E-state index is 12.8. The zero-order chi connectivity index (χ0) is 18.0. The van der Waals surface area contributed by atoms with Gasteiger partial charge in [0.2, 0.25) is 0 Å². The zero-order valence-corrected chi connectivity index (χ0v) is 14.9. The molecule has 7 nitrogen and oxygen atoms in total. The molecule has 1 amide bonds. The molecule has 7 heteroatoms. The van der Waals surface area contributed by atoms with Crippen LogP contribution < -0.4 is 0 Å². The van der Waals surface area contributed by atoms with E-state index in [2.05, 4.69) is 28.9 Å². The fraction of sp³-hybridized carbons (Fsp3) is 0.333. The fourth-order valence-electron chi connectivity index (χ4n) is 2.63. The molecular weight excluding hydrogens is 316 g/mol. The molecule has 0 fully saturated rings. The highest BCUT2D eigenvalue weighted by molar-refractivity contribution is 5.92. The molecule has 3 aromatic heterocycles. The lowest BCUT2D eigenvalue weighted by atomic mass is 10.1. The number of hydrogen-bond donors (Lipinski definition) is 0. The van der Waals surface area contributed by atoms with Crippen molar-refractivity contribution < 1.29 is 4.79 Å². The number of carbonyl (C=O) groups excluding carboxylic acids is 1. The molecule has 3 aromatic rings. The molecule has 0 spiro atoms. The summed E-state index contributed by atoms with van der Waals surface area (Å²) in [4.78, 5) is 22.7. The molecule has 0 atom stereocenters. The summed E-state index contributed by atoms with van der Waals surface area (Å²) in [7, 11) is 3.67. The molecule has 0 saturated heterocycles. The van der Waals surface area contributed by atoms with Gasteiger partial charge in [0.05, 0.1) is 12.2 Å². The minimum absolute atomic E-state index is 0.127. The van der Waals surface area contributed by atoms with Gasteiger partial charge in [0.1, 0.15) is 5.82 Å². The predicted molar refractivity (Wildman–Crippen MR) is 94.5 cm³/mol. The number of nitrogens with zero attached hydrogens (tertiary/aromatic N) is 6. The SMILES string of the molecule is CC(C)c1cc(C(=O)N(C)Cc2nccn2C)nn1-c1ccncc1. The highest BCUT2D eigenvalue weighted by atomic mass is 16.2. The van der Waals surface area contributed by atoms with Gasteiger partial charge in [0.15, 0.2) is 5.69 Å². The number of aryl methyl sites for hydroxylation is 1. The summed E-state index contributed by atoms with van der Waals surface area (Å²) >= 11 is 0. The third-order valence-electron chi connectivity index (χ3n) is 4.10. The Morgan fingerprint density at radius 1 is 1.24 bits per heavy atom. The Labute approximate surface area is 146 Å². The summed E-state index contributed by atoms with van der Waals surface area (Å²) in [6, 6.07) is 5.62. The van der Waals surface area contributed by atoms with E-state index >= 15 is 0 Å². The maximum atomic E-state index is 12.8. The van der Waals surface area contributed by atoms with E-state index in [0.29, 0.717) is 12.2 Å². The standard InChI is InChI=1S/C18H22N6O/c1-13(2)16-11-15(21-24(16)14-5-7-19-8-6-14)18(25)23(4)12-17-20-9-10-22(17)3/h5-11,13H,12H2,1-4H3. The third kappa shape index (κ3) is 3.45. The van der Waals surface area contributed by atoms with E-state index in [1.54, 1.807) is 30.5 Å². The van der Waals surface area contributed by atoms with Crippen molar-refractivity contribution in [2.45, 2.75) is 26.3 Å². The van der Waals surface area contributed by atoms with Crippen molar-refractivity contribution in [1.82, 2.24) is 29.2 Å². The maximum Gasteiger partial charge on any atom is 0.274 e. The first-order valence-electron chi connectivity index (χ1n) is 8.19. The van der Waals surface area contributed by atoms with E-state index in [1.807, 2.05) is 40.7 Å². The number of rotatable bonds is 5. The summed E-state index contributed by atoms with van der Waals surface area (Å²) in [5.74, 6) is 0.938. The van der Waals surface area contributed by atoms with Gasteiger partial charge in [-0.25, -0.2) is 9.67 Å². The molecule has 0 saturated carbocycles. The van der Waals surface area contributed by atoms with Gasteiger partial charge in [-0.05, 0) is 24.1 Å². The largest absolute Gasteiger partial charge is 0.337 e. The molecule has 3 rings (SSSR count). The van der Waals surface area contributed by atoms with Crippen LogP contribution in [0.1, 0.15) is 41.8 Å². The van der Waals surface area contributed by atoms with Gasteiger partial charge in [0, 0.05) is 44.6 Å². The van der Waals surface area contributed by atoms with Crippen LogP contribution in [0.2, 0.25) is 0 Å². The molecule has 0 bridgehead atoms. The van der Waals surface area contributed by atoms with Crippen LogP contribution in [0.3, 0.4) is 0 Å². The number of carbonyl (C=O) groups is 1.